The van der Waals surface area contributed by atoms with Crippen molar-refractivity contribution in [2.75, 3.05) is 31.5 Å². The first-order valence-electron chi connectivity index (χ1n) is 11.4. The lowest BCUT2D eigenvalue weighted by atomic mass is 9.96. The van der Waals surface area contributed by atoms with Crippen LogP contribution in [0.25, 0.3) is 11.1 Å². The molecule has 0 saturated heterocycles. The van der Waals surface area contributed by atoms with E-state index in [1.807, 2.05) is 19.1 Å². The van der Waals surface area contributed by atoms with Crippen LogP contribution < -0.4 is 16.8 Å². The molecule has 35 heavy (non-hydrogen) atoms. The number of aryl methyl sites for hydroxylation is 1. The van der Waals surface area contributed by atoms with E-state index in [1.54, 1.807) is 28.0 Å². The number of nitrogens with one attached hydrogen (secondary N) is 3. The lowest BCUT2D eigenvalue weighted by molar-refractivity contribution is 0.102. The third kappa shape index (κ3) is 5.32. The second kappa shape index (κ2) is 9.96. The second-order valence-corrected chi connectivity index (χ2v) is 8.65. The average Bonchev–Trinajstić information content (AvgIpc) is 2.86. The highest BCUT2D eigenvalue weighted by atomic mass is 19.1. The van der Waals surface area contributed by atoms with Gasteiger partial charge in [-0.2, -0.15) is 0 Å². The zero-order chi connectivity index (χ0) is 25.1. The summed E-state index contributed by atoms with van der Waals surface area (Å²) in [7, 11) is 0. The zero-order valence-electron chi connectivity index (χ0n) is 19.6. The summed E-state index contributed by atoms with van der Waals surface area (Å²) in [6.07, 6.45) is 6.68. The van der Waals surface area contributed by atoms with E-state index in [0.29, 0.717) is 55.8 Å². The molecule has 3 heterocycles. The van der Waals surface area contributed by atoms with Gasteiger partial charge in [0, 0.05) is 43.6 Å². The van der Waals surface area contributed by atoms with Gasteiger partial charge in [-0.25, -0.2) is 4.39 Å². The van der Waals surface area contributed by atoms with Crippen molar-refractivity contribution in [1.29, 1.82) is 10.8 Å². The Balaban J connectivity index is 1.44. The Morgan fingerprint density at radius 3 is 2.17 bits per heavy atom. The van der Waals surface area contributed by atoms with Crippen LogP contribution in [0, 0.1) is 23.6 Å². The Bertz CT molecular complexity index is 1230. The van der Waals surface area contributed by atoms with Crippen LogP contribution in [0.3, 0.4) is 0 Å². The summed E-state index contributed by atoms with van der Waals surface area (Å²) >= 11 is 0. The predicted octanol–water partition coefficient (Wildman–Crippen LogP) is 2.75. The fourth-order valence-electron chi connectivity index (χ4n) is 4.23. The minimum atomic E-state index is -0.411. The number of guanidine groups is 2. The number of amides is 1. The summed E-state index contributed by atoms with van der Waals surface area (Å²) < 4.78 is 14.9. The van der Waals surface area contributed by atoms with Crippen LogP contribution in [0.2, 0.25) is 0 Å². The zero-order valence-corrected chi connectivity index (χ0v) is 19.6. The number of aromatic nitrogens is 1. The van der Waals surface area contributed by atoms with E-state index in [0.717, 1.165) is 22.4 Å². The first-order valence-corrected chi connectivity index (χ1v) is 11.4. The molecule has 2 aliphatic rings. The van der Waals surface area contributed by atoms with Gasteiger partial charge in [0.1, 0.15) is 5.82 Å². The summed E-state index contributed by atoms with van der Waals surface area (Å²) in [5.41, 5.74) is 15.8. The molecule has 0 unspecified atom stereocenters. The van der Waals surface area contributed by atoms with Gasteiger partial charge in [0.05, 0.1) is 11.3 Å². The molecule has 10 heteroatoms. The molecule has 0 saturated carbocycles. The molecule has 9 nitrogen and oxygen atoms in total. The van der Waals surface area contributed by atoms with Gasteiger partial charge in [-0.3, -0.25) is 20.6 Å². The van der Waals surface area contributed by atoms with E-state index in [2.05, 4.69) is 10.3 Å². The molecule has 0 spiro atoms. The van der Waals surface area contributed by atoms with Crippen LogP contribution in [0.15, 0.2) is 42.6 Å². The lowest BCUT2D eigenvalue weighted by Crippen LogP contribution is -2.39. The summed E-state index contributed by atoms with van der Waals surface area (Å²) in [5, 5.41) is 17.8. The molecule has 182 valence electrons. The quantitative estimate of drug-likeness (QED) is 0.338. The maximum absolute atomic E-state index is 14.9. The summed E-state index contributed by atoms with van der Waals surface area (Å²) in [4.78, 5) is 20.7. The molecular weight excluding hydrogens is 447 g/mol. The number of halogens is 1. The molecule has 0 radical (unpaired) electrons. The van der Waals surface area contributed by atoms with Gasteiger partial charge >= 0.3 is 0 Å². The van der Waals surface area contributed by atoms with Crippen LogP contribution in [-0.4, -0.2) is 58.8 Å². The van der Waals surface area contributed by atoms with Gasteiger partial charge in [-0.15, -0.1) is 0 Å². The molecule has 7 N–H and O–H groups in total. The minimum absolute atomic E-state index is 0.00706. The highest BCUT2D eigenvalue weighted by Crippen LogP contribution is 2.29. The van der Waals surface area contributed by atoms with Gasteiger partial charge < -0.3 is 26.6 Å². The Hall–Kier alpha value is -4.21. The highest BCUT2D eigenvalue weighted by Gasteiger charge is 2.19. The van der Waals surface area contributed by atoms with Gasteiger partial charge in [0.25, 0.3) is 5.91 Å². The van der Waals surface area contributed by atoms with E-state index < -0.39 is 5.82 Å². The van der Waals surface area contributed by atoms with Gasteiger partial charge in [-0.1, -0.05) is 12.2 Å². The number of pyridine rings is 1. The summed E-state index contributed by atoms with van der Waals surface area (Å²) in [5.74, 6) is -0.720. The fraction of sp³-hybridized carbons (Fsp3) is 0.280. The van der Waals surface area contributed by atoms with Crippen molar-refractivity contribution in [2.45, 2.75) is 19.8 Å². The Labute approximate surface area is 203 Å². The molecule has 1 amide bonds. The van der Waals surface area contributed by atoms with E-state index >= 15 is 0 Å². The Kier molecular flexibility index (Phi) is 6.81. The number of carbonyl (C=O) groups is 1. The number of nitrogens with zero attached hydrogens (tertiary/aromatic N) is 3. The largest absolute Gasteiger partial charge is 0.370 e. The van der Waals surface area contributed by atoms with Crippen LogP contribution in [0.1, 0.15) is 40.0 Å². The van der Waals surface area contributed by atoms with Crippen molar-refractivity contribution in [1.82, 2.24) is 14.8 Å². The molecule has 0 fully saturated rings. The molecule has 0 bridgehead atoms. The van der Waals surface area contributed by atoms with Crippen molar-refractivity contribution in [2.24, 2.45) is 11.5 Å². The molecule has 1 aromatic heterocycles. The van der Waals surface area contributed by atoms with Crippen LogP contribution >= 0.6 is 0 Å². The smallest absolute Gasteiger partial charge is 0.257 e. The topological polar surface area (TPSA) is 148 Å². The number of benzene rings is 1. The summed E-state index contributed by atoms with van der Waals surface area (Å²) in [6, 6.07) is 6.57. The third-order valence-electron chi connectivity index (χ3n) is 6.36. The molecular formula is C25H29FN8O. The van der Waals surface area contributed by atoms with Gasteiger partial charge in [0.2, 0.25) is 0 Å². The fourth-order valence-corrected chi connectivity index (χ4v) is 4.23. The molecule has 4 rings (SSSR count). The summed E-state index contributed by atoms with van der Waals surface area (Å²) in [6.45, 7) is 4.06. The van der Waals surface area contributed by atoms with Crippen LogP contribution in [0.5, 0.6) is 0 Å². The predicted molar refractivity (Wildman–Crippen MR) is 135 cm³/mol. The molecule has 2 aliphatic heterocycles. The van der Waals surface area contributed by atoms with Crippen molar-refractivity contribution in [3.05, 3.63) is 70.8 Å². The van der Waals surface area contributed by atoms with E-state index in [4.69, 9.17) is 22.3 Å². The molecule has 0 atom stereocenters. The number of hydrogen-bond acceptors (Lipinski definition) is 4. The van der Waals surface area contributed by atoms with Crippen LogP contribution in [-0.2, 0) is 0 Å². The SMILES string of the molecule is Cc1cc(C2=CCN(C(=N)N)CC2)c(F)cc1NC(=O)c1ccc(C2=CCN(C(=N)N)CC2)nc1. The van der Waals surface area contributed by atoms with E-state index in [9.17, 15) is 9.18 Å². The maximum atomic E-state index is 14.9. The Morgan fingerprint density at radius 1 is 1.03 bits per heavy atom. The van der Waals surface area contributed by atoms with E-state index in [-0.39, 0.29) is 17.8 Å². The second-order valence-electron chi connectivity index (χ2n) is 8.65. The number of carbonyl (C=O) groups excluding carboxylic acids is 1. The van der Waals surface area contributed by atoms with E-state index in [1.165, 1.54) is 12.3 Å². The number of nitrogens with two attached hydrogens (primary N) is 2. The first kappa shape index (κ1) is 23.9. The first-order chi connectivity index (χ1) is 16.7. The minimum Gasteiger partial charge on any atom is -0.370 e. The van der Waals surface area contributed by atoms with Gasteiger partial charge in [0.15, 0.2) is 11.9 Å². The highest BCUT2D eigenvalue weighted by molar-refractivity contribution is 6.04. The maximum Gasteiger partial charge on any atom is 0.257 e. The standard InChI is InChI=1S/C25H29FN8O/c1-15-12-19(16-4-8-33(9-5-16)24(27)28)20(26)13-22(15)32-23(35)18-2-3-21(31-14-18)17-6-10-34(11-7-17)25(29)30/h2-4,6,12-14H,5,7-11H2,1H3,(H3,27,28)(H3,29,30)(H,32,35). The number of hydrogen-bond donors (Lipinski definition) is 5. The normalized spacial score (nSPS) is 15.8. The average molecular weight is 477 g/mol. The molecule has 2 aromatic rings. The monoisotopic (exact) mass is 476 g/mol. The van der Waals surface area contributed by atoms with Crippen molar-refractivity contribution in [3.8, 4) is 0 Å². The van der Waals surface area contributed by atoms with Crippen molar-refractivity contribution < 1.29 is 9.18 Å². The lowest BCUT2D eigenvalue weighted by Gasteiger charge is -2.27. The molecule has 1 aromatic carbocycles. The number of rotatable bonds is 4. The number of anilines is 1. The Morgan fingerprint density at radius 2 is 1.66 bits per heavy atom. The molecule has 0 aliphatic carbocycles. The van der Waals surface area contributed by atoms with Crippen molar-refractivity contribution in [3.63, 3.8) is 0 Å². The third-order valence-corrected chi connectivity index (χ3v) is 6.36. The van der Waals surface area contributed by atoms with Gasteiger partial charge in [-0.05, 0) is 60.7 Å². The van der Waals surface area contributed by atoms with Crippen molar-refractivity contribution >= 4 is 34.7 Å². The van der Waals surface area contributed by atoms with Crippen LogP contribution in [0.4, 0.5) is 10.1 Å².